The Morgan fingerprint density at radius 3 is 2.24 bits per heavy atom. The quantitative estimate of drug-likeness (QED) is 0.125. The fourth-order valence-electron chi connectivity index (χ4n) is 5.40. The zero-order chi connectivity index (χ0) is 29.0. The van der Waals surface area contributed by atoms with E-state index in [-0.39, 0.29) is 5.56 Å². The molecule has 3 aromatic carbocycles. The molecule has 218 valence electrons. The zero-order valence-corrected chi connectivity index (χ0v) is 24.6. The Labute approximate surface area is 249 Å². The fraction of sp³-hybridized carbons (Fsp3) is 0.333. The van der Waals surface area contributed by atoms with Gasteiger partial charge in [0.2, 0.25) is 0 Å². The summed E-state index contributed by atoms with van der Waals surface area (Å²) in [5.41, 5.74) is 5.47. The first-order valence-electron chi connectivity index (χ1n) is 15.3. The van der Waals surface area contributed by atoms with Crippen LogP contribution in [-0.2, 0) is 12.8 Å². The number of unbranched alkanes of at least 4 members (excludes halogenated alkanes) is 6. The zero-order valence-electron chi connectivity index (χ0n) is 24.6. The van der Waals surface area contributed by atoms with Gasteiger partial charge in [-0.05, 0) is 55.3 Å². The van der Waals surface area contributed by atoms with Gasteiger partial charge in [0.1, 0.15) is 11.4 Å². The molecule has 0 radical (unpaired) electrons. The van der Waals surface area contributed by atoms with E-state index in [1.165, 1.54) is 38.5 Å². The van der Waals surface area contributed by atoms with E-state index in [0.29, 0.717) is 31.0 Å². The molecule has 0 atom stereocenters. The summed E-state index contributed by atoms with van der Waals surface area (Å²) < 4.78 is 7.77. The van der Waals surface area contributed by atoms with Crippen LogP contribution in [0, 0.1) is 0 Å². The SMILES string of the molecule is CNCCCCCCCCCOc1cccc(Cc2nc3c(Cc4ccccc4)[nH]c(-c4ccccc4)cn-3c2=O)c1. The summed E-state index contributed by atoms with van der Waals surface area (Å²) >= 11 is 0. The van der Waals surface area contributed by atoms with Gasteiger partial charge >= 0.3 is 0 Å². The summed E-state index contributed by atoms with van der Waals surface area (Å²) in [4.78, 5) is 22.1. The number of nitrogens with one attached hydrogen (secondary N) is 2. The number of aromatic amines is 1. The smallest absolute Gasteiger partial charge is 0.278 e. The third-order valence-electron chi connectivity index (χ3n) is 7.67. The van der Waals surface area contributed by atoms with Crippen LogP contribution in [0.5, 0.6) is 5.75 Å². The maximum atomic E-state index is 13.6. The van der Waals surface area contributed by atoms with E-state index < -0.39 is 0 Å². The molecule has 0 aromatic heterocycles. The summed E-state index contributed by atoms with van der Waals surface area (Å²) in [7, 11) is 2.01. The van der Waals surface area contributed by atoms with Crippen LogP contribution >= 0.6 is 0 Å². The van der Waals surface area contributed by atoms with Crippen LogP contribution in [0.1, 0.15) is 67.5 Å². The lowest BCUT2D eigenvalue weighted by Gasteiger charge is -2.13. The topological polar surface area (TPSA) is 71.9 Å². The molecule has 2 aliphatic rings. The summed E-state index contributed by atoms with van der Waals surface area (Å²) in [5.74, 6) is 1.52. The van der Waals surface area contributed by atoms with Gasteiger partial charge in [0.15, 0.2) is 5.82 Å². The molecule has 0 unspecified atom stereocenters. The molecular weight excluding hydrogens is 520 g/mol. The van der Waals surface area contributed by atoms with Gasteiger partial charge in [0.05, 0.1) is 18.0 Å². The summed E-state index contributed by atoms with van der Waals surface area (Å²) in [6.45, 7) is 1.83. The molecule has 0 spiro atoms. The van der Waals surface area contributed by atoms with Crippen molar-refractivity contribution in [1.29, 1.82) is 0 Å². The number of benzene rings is 3. The van der Waals surface area contributed by atoms with Crippen molar-refractivity contribution in [3.63, 3.8) is 0 Å². The van der Waals surface area contributed by atoms with Crippen molar-refractivity contribution in [2.75, 3.05) is 20.2 Å². The van der Waals surface area contributed by atoms with Crippen LogP contribution in [0.25, 0.3) is 17.1 Å². The second kappa shape index (κ2) is 15.2. The van der Waals surface area contributed by atoms with Gasteiger partial charge in [-0.25, -0.2) is 4.98 Å². The van der Waals surface area contributed by atoms with Crippen LogP contribution < -0.4 is 15.6 Å². The molecule has 0 saturated carbocycles. The number of H-pyrrole nitrogens is 1. The number of ether oxygens (including phenoxy) is 1. The average Bonchev–Trinajstić information content (AvgIpc) is 3.34. The van der Waals surface area contributed by atoms with Crippen LogP contribution in [-0.4, -0.2) is 34.7 Å². The highest BCUT2D eigenvalue weighted by atomic mass is 16.5. The van der Waals surface area contributed by atoms with Crippen LogP contribution in [0.2, 0.25) is 0 Å². The minimum atomic E-state index is -0.0808. The minimum absolute atomic E-state index is 0.0808. The van der Waals surface area contributed by atoms with Gasteiger partial charge in [-0.2, -0.15) is 0 Å². The largest absolute Gasteiger partial charge is 0.494 e. The first-order valence-corrected chi connectivity index (χ1v) is 15.3. The van der Waals surface area contributed by atoms with Gasteiger partial charge in [-0.1, -0.05) is 105 Å². The summed E-state index contributed by atoms with van der Waals surface area (Å²) in [5, 5.41) is 3.21. The van der Waals surface area contributed by atoms with E-state index in [9.17, 15) is 4.79 Å². The lowest BCUT2D eigenvalue weighted by molar-refractivity contribution is 0.304. The molecule has 2 heterocycles. The maximum absolute atomic E-state index is 13.6. The van der Waals surface area contributed by atoms with E-state index in [1.54, 1.807) is 4.57 Å². The lowest BCUT2D eigenvalue weighted by Crippen LogP contribution is -2.17. The number of hydrogen-bond acceptors (Lipinski definition) is 4. The second-order valence-corrected chi connectivity index (χ2v) is 11.0. The third-order valence-corrected chi connectivity index (χ3v) is 7.67. The first-order chi connectivity index (χ1) is 20.7. The molecule has 0 fully saturated rings. The third kappa shape index (κ3) is 7.98. The molecule has 2 aliphatic heterocycles. The Kier molecular flexibility index (Phi) is 10.6. The van der Waals surface area contributed by atoms with E-state index in [1.807, 2.05) is 86.0 Å². The van der Waals surface area contributed by atoms with Crippen LogP contribution in [0.15, 0.2) is 95.9 Å². The number of fused-ring (bicyclic) bond motifs is 1. The molecule has 6 nitrogen and oxygen atoms in total. The summed E-state index contributed by atoms with van der Waals surface area (Å²) in [6, 6.07) is 28.4. The number of imidazole rings is 1. The standard InChI is InChI=1S/C36H42N4O2/c1-37-22-13-5-3-2-4-6-14-23-42-31-21-15-18-29(24-31)26-33-36(41)40-27-34(30-19-11-8-12-20-30)38-32(35(40)39-33)25-28-16-9-7-10-17-28/h7-12,15-21,24,27,37-38H,2-6,13-14,22-23,25-26H2,1H3. The van der Waals surface area contributed by atoms with Gasteiger partial charge in [0.25, 0.3) is 5.56 Å². The van der Waals surface area contributed by atoms with E-state index in [4.69, 9.17) is 9.72 Å². The average molecular weight is 563 g/mol. The Bertz CT molecular complexity index is 1540. The predicted octanol–water partition coefficient (Wildman–Crippen LogP) is 7.18. The van der Waals surface area contributed by atoms with E-state index >= 15 is 0 Å². The monoisotopic (exact) mass is 562 g/mol. The highest BCUT2D eigenvalue weighted by molar-refractivity contribution is 5.60. The van der Waals surface area contributed by atoms with Gasteiger partial charge < -0.3 is 15.0 Å². The van der Waals surface area contributed by atoms with Crippen molar-refractivity contribution in [2.24, 2.45) is 0 Å². The Hall–Kier alpha value is -4.16. The highest BCUT2D eigenvalue weighted by Crippen LogP contribution is 2.24. The molecular formula is C36H42N4O2. The number of rotatable bonds is 16. The number of hydrogen-bond donors (Lipinski definition) is 2. The molecule has 0 bridgehead atoms. The fourth-order valence-corrected chi connectivity index (χ4v) is 5.40. The maximum Gasteiger partial charge on any atom is 0.278 e. The molecule has 0 saturated heterocycles. The molecule has 6 heteroatoms. The molecule has 2 N–H and O–H groups in total. The molecule has 0 aliphatic carbocycles. The Balaban J connectivity index is 1.27. The molecule has 0 amide bonds. The highest BCUT2D eigenvalue weighted by Gasteiger charge is 2.20. The van der Waals surface area contributed by atoms with Crippen molar-refractivity contribution in [3.05, 3.63) is 124 Å². The van der Waals surface area contributed by atoms with Crippen molar-refractivity contribution in [1.82, 2.24) is 19.9 Å². The van der Waals surface area contributed by atoms with Crippen molar-refractivity contribution >= 4 is 0 Å². The minimum Gasteiger partial charge on any atom is -0.494 e. The molecule has 5 rings (SSSR count). The van der Waals surface area contributed by atoms with Gasteiger partial charge in [-0.3, -0.25) is 9.36 Å². The van der Waals surface area contributed by atoms with E-state index in [0.717, 1.165) is 46.8 Å². The second-order valence-electron chi connectivity index (χ2n) is 11.0. The van der Waals surface area contributed by atoms with Crippen molar-refractivity contribution in [2.45, 2.75) is 57.8 Å². The number of nitrogens with zero attached hydrogens (tertiary/aromatic N) is 2. The van der Waals surface area contributed by atoms with Gasteiger partial charge in [-0.15, -0.1) is 0 Å². The van der Waals surface area contributed by atoms with Crippen LogP contribution in [0.4, 0.5) is 0 Å². The normalized spacial score (nSPS) is 11.3. The first kappa shape index (κ1) is 29.3. The Morgan fingerprint density at radius 1 is 0.786 bits per heavy atom. The predicted molar refractivity (Wildman–Crippen MR) is 171 cm³/mol. The van der Waals surface area contributed by atoms with E-state index in [2.05, 4.69) is 22.4 Å². The van der Waals surface area contributed by atoms with Crippen LogP contribution in [0.3, 0.4) is 0 Å². The number of aromatic nitrogens is 3. The Morgan fingerprint density at radius 2 is 1.48 bits per heavy atom. The van der Waals surface area contributed by atoms with Gasteiger partial charge in [0, 0.05) is 19.0 Å². The summed E-state index contributed by atoms with van der Waals surface area (Å²) in [6.07, 6.45) is 11.7. The molecule has 3 aromatic rings. The van der Waals surface area contributed by atoms with Crippen molar-refractivity contribution < 1.29 is 4.74 Å². The molecule has 42 heavy (non-hydrogen) atoms. The lowest BCUT2D eigenvalue weighted by atomic mass is 10.1. The van der Waals surface area contributed by atoms with Crippen molar-refractivity contribution in [3.8, 4) is 22.8 Å².